The number of hydrogen-bond acceptors (Lipinski definition) is 6. The Morgan fingerprint density at radius 1 is 0.800 bits per heavy atom. The van der Waals surface area contributed by atoms with E-state index >= 15 is 0 Å². The quantitative estimate of drug-likeness (QED) is 0.300. The molecule has 1 aromatic rings. The predicted molar refractivity (Wildman–Crippen MR) is 45.4 cm³/mol. The lowest BCUT2D eigenvalue weighted by Gasteiger charge is -2.18. The highest BCUT2D eigenvalue weighted by Gasteiger charge is 2.35. The summed E-state index contributed by atoms with van der Waals surface area (Å²) in [6.45, 7) is 0.567. The Morgan fingerprint density at radius 2 is 1.07 bits per heavy atom. The summed E-state index contributed by atoms with van der Waals surface area (Å²) >= 11 is 0. The largest absolute Gasteiger partial charge is 0.504 e. The second kappa shape index (κ2) is 3.06. The number of alkyl halides is 1. The highest BCUT2D eigenvalue weighted by atomic mass is 19.2. The average molecular weight is 220 g/mol. The average Bonchev–Trinajstić information content (AvgIpc) is 2.09. The van der Waals surface area contributed by atoms with Gasteiger partial charge in [0, 0.05) is 0 Å². The summed E-state index contributed by atoms with van der Waals surface area (Å²) in [7, 11) is 0. The number of halogens is 1. The van der Waals surface area contributed by atoms with Gasteiger partial charge in [-0.15, -0.1) is 0 Å². The first-order valence-corrected chi connectivity index (χ1v) is 3.78. The summed E-state index contributed by atoms with van der Waals surface area (Å²) < 4.78 is 13.1. The molecule has 1 unspecified atom stereocenters. The zero-order valence-corrected chi connectivity index (χ0v) is 7.56. The van der Waals surface area contributed by atoms with Gasteiger partial charge in [-0.05, 0) is 6.92 Å². The molecule has 1 atom stereocenters. The van der Waals surface area contributed by atoms with Crippen LogP contribution >= 0.6 is 0 Å². The first kappa shape index (κ1) is 11.2. The molecule has 7 heteroatoms. The minimum absolute atomic E-state index is 0.567. The lowest BCUT2D eigenvalue weighted by atomic mass is 10.0. The Labute approximate surface area is 83.1 Å². The number of hydrogen-bond donors (Lipinski definition) is 6. The van der Waals surface area contributed by atoms with Crippen LogP contribution in [-0.2, 0) is 5.85 Å². The molecule has 0 aliphatic heterocycles. The second-order valence-electron chi connectivity index (χ2n) is 3.07. The maximum Gasteiger partial charge on any atom is 0.237 e. The van der Waals surface area contributed by atoms with Gasteiger partial charge in [0.25, 0.3) is 0 Å². The van der Waals surface area contributed by atoms with Gasteiger partial charge in [-0.1, -0.05) is 0 Å². The molecule has 0 amide bonds. The van der Waals surface area contributed by atoms with E-state index in [1.807, 2.05) is 0 Å². The Balaban J connectivity index is 3.68. The number of aliphatic hydroxyl groups is 1. The smallest absolute Gasteiger partial charge is 0.237 e. The number of phenolic OH excluding ortho intramolecular Hbond substituents is 5. The lowest BCUT2D eigenvalue weighted by molar-refractivity contribution is -0.0802. The van der Waals surface area contributed by atoms with Crippen molar-refractivity contribution in [1.29, 1.82) is 0 Å². The van der Waals surface area contributed by atoms with Crippen molar-refractivity contribution in [3.63, 3.8) is 0 Å². The highest BCUT2D eigenvalue weighted by molar-refractivity contribution is 5.68. The first-order valence-electron chi connectivity index (χ1n) is 3.78. The molecular formula is C8H9FO6. The summed E-state index contributed by atoms with van der Waals surface area (Å²) in [5.74, 6) is -9.38. The first-order chi connectivity index (χ1) is 6.68. The molecule has 15 heavy (non-hydrogen) atoms. The van der Waals surface area contributed by atoms with Crippen LogP contribution in [0.25, 0.3) is 0 Å². The molecule has 0 fully saturated rings. The highest BCUT2D eigenvalue weighted by Crippen LogP contribution is 2.53. The van der Waals surface area contributed by atoms with Crippen LogP contribution < -0.4 is 0 Å². The fourth-order valence-electron chi connectivity index (χ4n) is 1.12. The van der Waals surface area contributed by atoms with Crippen LogP contribution in [0.3, 0.4) is 0 Å². The van der Waals surface area contributed by atoms with Crippen LogP contribution in [0.2, 0.25) is 0 Å². The molecule has 1 rings (SSSR count). The molecule has 0 spiro atoms. The van der Waals surface area contributed by atoms with Crippen molar-refractivity contribution in [2.75, 3.05) is 0 Å². The maximum absolute atomic E-state index is 13.1. The third-order valence-corrected chi connectivity index (χ3v) is 1.83. The molecular weight excluding hydrogens is 211 g/mol. The van der Waals surface area contributed by atoms with Crippen molar-refractivity contribution in [1.82, 2.24) is 0 Å². The molecule has 84 valence electrons. The summed E-state index contributed by atoms with van der Waals surface area (Å²) in [6.07, 6.45) is 0. The zero-order valence-electron chi connectivity index (χ0n) is 7.56. The van der Waals surface area contributed by atoms with E-state index in [-0.39, 0.29) is 0 Å². The van der Waals surface area contributed by atoms with Gasteiger partial charge in [0.05, 0.1) is 0 Å². The number of rotatable bonds is 1. The van der Waals surface area contributed by atoms with Gasteiger partial charge < -0.3 is 30.6 Å². The van der Waals surface area contributed by atoms with Gasteiger partial charge in [0.1, 0.15) is 5.56 Å². The Kier molecular flexibility index (Phi) is 2.28. The normalized spacial score (nSPS) is 14.9. The summed E-state index contributed by atoms with van der Waals surface area (Å²) in [5, 5.41) is 54.1. The van der Waals surface area contributed by atoms with Crippen molar-refractivity contribution < 1.29 is 35.0 Å². The minimum Gasteiger partial charge on any atom is -0.504 e. The molecule has 0 heterocycles. The lowest BCUT2D eigenvalue weighted by Crippen LogP contribution is -2.14. The number of aromatic hydroxyl groups is 5. The summed E-state index contributed by atoms with van der Waals surface area (Å²) in [5.41, 5.74) is -1.13. The van der Waals surface area contributed by atoms with Gasteiger partial charge in [-0.3, -0.25) is 0 Å². The third kappa shape index (κ3) is 1.57. The van der Waals surface area contributed by atoms with Gasteiger partial charge in [0.2, 0.25) is 23.1 Å². The molecule has 0 radical (unpaired) electrons. The summed E-state index contributed by atoms with van der Waals surface area (Å²) in [6, 6.07) is 0. The van der Waals surface area contributed by atoms with E-state index in [0.717, 1.165) is 0 Å². The zero-order chi connectivity index (χ0) is 12.0. The second-order valence-corrected chi connectivity index (χ2v) is 3.07. The van der Waals surface area contributed by atoms with E-state index in [0.29, 0.717) is 6.92 Å². The number of phenols is 5. The molecule has 6 nitrogen and oxygen atoms in total. The van der Waals surface area contributed by atoms with Crippen LogP contribution in [-0.4, -0.2) is 30.6 Å². The molecule has 0 bridgehead atoms. The van der Waals surface area contributed by atoms with Crippen LogP contribution in [0.5, 0.6) is 28.7 Å². The van der Waals surface area contributed by atoms with Crippen molar-refractivity contribution in [2.45, 2.75) is 12.8 Å². The van der Waals surface area contributed by atoms with Gasteiger partial charge in [0.15, 0.2) is 11.5 Å². The van der Waals surface area contributed by atoms with E-state index in [1.54, 1.807) is 0 Å². The van der Waals surface area contributed by atoms with Crippen LogP contribution in [0.15, 0.2) is 0 Å². The molecule has 0 aromatic heterocycles. The van der Waals surface area contributed by atoms with E-state index in [4.69, 9.17) is 30.6 Å². The Morgan fingerprint density at radius 3 is 1.33 bits per heavy atom. The molecule has 0 saturated carbocycles. The minimum atomic E-state index is -3.18. The monoisotopic (exact) mass is 220 g/mol. The van der Waals surface area contributed by atoms with Crippen molar-refractivity contribution >= 4 is 0 Å². The number of benzene rings is 1. The van der Waals surface area contributed by atoms with Crippen LogP contribution in [0.1, 0.15) is 12.5 Å². The molecule has 6 N–H and O–H groups in total. The topological polar surface area (TPSA) is 121 Å². The van der Waals surface area contributed by atoms with Gasteiger partial charge >= 0.3 is 0 Å². The van der Waals surface area contributed by atoms with E-state index < -0.39 is 40.2 Å². The molecule has 0 saturated heterocycles. The van der Waals surface area contributed by atoms with Crippen molar-refractivity contribution in [2.24, 2.45) is 0 Å². The van der Waals surface area contributed by atoms with Crippen LogP contribution in [0.4, 0.5) is 4.39 Å². The van der Waals surface area contributed by atoms with E-state index in [1.165, 1.54) is 0 Å². The molecule has 0 aliphatic rings. The van der Waals surface area contributed by atoms with Crippen molar-refractivity contribution in [3.05, 3.63) is 5.56 Å². The van der Waals surface area contributed by atoms with Crippen molar-refractivity contribution in [3.8, 4) is 28.7 Å². The molecule has 1 aromatic carbocycles. The fraction of sp³-hybridized carbons (Fsp3) is 0.250. The van der Waals surface area contributed by atoms with E-state index in [2.05, 4.69) is 0 Å². The SMILES string of the molecule is CC(O)(F)c1c(O)c(O)c(O)c(O)c1O. The van der Waals surface area contributed by atoms with Gasteiger partial charge in [-0.2, -0.15) is 0 Å². The maximum atomic E-state index is 13.1. The van der Waals surface area contributed by atoms with E-state index in [9.17, 15) is 4.39 Å². The van der Waals surface area contributed by atoms with Gasteiger partial charge in [-0.25, -0.2) is 4.39 Å². The predicted octanol–water partition coefficient (Wildman–Crippen LogP) is 0.349. The Hall–Kier alpha value is -1.89. The fourth-order valence-corrected chi connectivity index (χ4v) is 1.12. The van der Waals surface area contributed by atoms with Crippen LogP contribution in [0, 0.1) is 0 Å². The Bertz CT molecular complexity index is 380. The molecule has 0 aliphatic carbocycles. The standard InChI is InChI=1S/C8H9FO6/c1-8(9,15)2-3(10)5(12)7(14)6(13)4(2)11/h10-15H,1H3. The third-order valence-electron chi connectivity index (χ3n) is 1.83. The summed E-state index contributed by atoms with van der Waals surface area (Å²) in [4.78, 5) is 0.